The van der Waals surface area contributed by atoms with Gasteiger partial charge in [0.15, 0.2) is 0 Å². The molecule has 0 saturated heterocycles. The van der Waals surface area contributed by atoms with Gasteiger partial charge >= 0.3 is 0 Å². The quantitative estimate of drug-likeness (QED) is 0.263. The van der Waals surface area contributed by atoms with Gasteiger partial charge in [0.2, 0.25) is 6.19 Å². The van der Waals surface area contributed by atoms with Crippen molar-refractivity contribution >= 4 is 28.8 Å². The summed E-state index contributed by atoms with van der Waals surface area (Å²) in [7, 11) is 0. The molecule has 0 bridgehead atoms. The molecule has 0 fully saturated rings. The number of aliphatic imine (C=N–C) groups is 1. The van der Waals surface area contributed by atoms with Gasteiger partial charge < -0.3 is 0 Å². The molecule has 0 amide bonds. The highest BCUT2D eigenvalue weighted by Crippen LogP contribution is 2.05. The van der Waals surface area contributed by atoms with Crippen LogP contribution in [-0.2, 0) is 0 Å². The molecule has 44 valence electrons. The Bertz CT molecular complexity index is 124. The molecule has 0 saturated carbocycles. The van der Waals surface area contributed by atoms with Crippen LogP contribution in [0.5, 0.6) is 0 Å². The lowest BCUT2D eigenvalue weighted by molar-refractivity contribution is 1.45. The zero-order valence-electron chi connectivity index (χ0n) is 4.46. The average molecular weight is 146 g/mol. The van der Waals surface area contributed by atoms with Gasteiger partial charge in [0, 0.05) is 0 Å². The number of hydrogen-bond donors (Lipinski definition) is 1. The van der Waals surface area contributed by atoms with Crippen LogP contribution in [0, 0.1) is 11.5 Å². The number of nitrogens with zero attached hydrogens (tertiary/aromatic N) is 2. The highest BCUT2D eigenvalue weighted by molar-refractivity contribution is 8.32. The summed E-state index contributed by atoms with van der Waals surface area (Å²) in [6.45, 7) is 1.98. The second-order valence-corrected chi connectivity index (χ2v) is 2.91. The fourth-order valence-corrected chi connectivity index (χ4v) is 1.000. The maximum Gasteiger partial charge on any atom is 0.207 e. The van der Waals surface area contributed by atoms with E-state index in [0.29, 0.717) is 4.38 Å². The number of thiol groups is 1. The van der Waals surface area contributed by atoms with Crippen LogP contribution in [0.1, 0.15) is 6.92 Å². The highest BCUT2D eigenvalue weighted by Gasteiger charge is 1.86. The molecule has 8 heavy (non-hydrogen) atoms. The average Bonchev–Trinajstić information content (AvgIpc) is 1.68. The summed E-state index contributed by atoms with van der Waals surface area (Å²) >= 11 is 5.33. The second kappa shape index (κ2) is 5.01. The summed E-state index contributed by atoms with van der Waals surface area (Å²) in [5, 5.41) is 7.96. The minimum atomic E-state index is 0.537. The van der Waals surface area contributed by atoms with E-state index in [1.54, 1.807) is 6.19 Å². The largest absolute Gasteiger partial charge is 0.207 e. The first kappa shape index (κ1) is 7.86. The topological polar surface area (TPSA) is 36.1 Å². The van der Waals surface area contributed by atoms with E-state index in [0.717, 1.165) is 5.75 Å². The van der Waals surface area contributed by atoms with Crippen LogP contribution in [-0.4, -0.2) is 10.1 Å². The van der Waals surface area contributed by atoms with Crippen molar-refractivity contribution in [1.29, 1.82) is 5.26 Å². The van der Waals surface area contributed by atoms with Gasteiger partial charge in [-0.3, -0.25) is 0 Å². The van der Waals surface area contributed by atoms with Gasteiger partial charge in [-0.05, 0) is 5.75 Å². The molecule has 0 radical (unpaired) electrons. The SMILES string of the molecule is CCS/C(S)=N/C#N. The minimum Gasteiger partial charge on any atom is -0.170 e. The molecule has 2 nitrogen and oxygen atoms in total. The molecule has 0 aromatic heterocycles. The van der Waals surface area contributed by atoms with Crippen molar-refractivity contribution in [3.05, 3.63) is 0 Å². The van der Waals surface area contributed by atoms with Gasteiger partial charge in [-0.25, -0.2) is 0 Å². The van der Waals surface area contributed by atoms with E-state index >= 15 is 0 Å². The fraction of sp³-hybridized carbons (Fsp3) is 0.500. The molecule has 0 unspecified atom stereocenters. The molecule has 0 aromatic rings. The molecule has 0 rings (SSSR count). The van der Waals surface area contributed by atoms with Crippen molar-refractivity contribution in [2.45, 2.75) is 6.92 Å². The van der Waals surface area contributed by atoms with Crippen LogP contribution >= 0.6 is 24.4 Å². The van der Waals surface area contributed by atoms with Crippen molar-refractivity contribution in [2.24, 2.45) is 4.99 Å². The Morgan fingerprint density at radius 3 is 3.00 bits per heavy atom. The summed E-state index contributed by atoms with van der Waals surface area (Å²) in [6.07, 6.45) is 1.64. The van der Waals surface area contributed by atoms with E-state index in [1.807, 2.05) is 6.92 Å². The van der Waals surface area contributed by atoms with Crippen molar-refractivity contribution in [3.8, 4) is 6.19 Å². The maximum absolute atomic E-state index is 7.96. The van der Waals surface area contributed by atoms with Crippen LogP contribution in [0.15, 0.2) is 4.99 Å². The summed E-state index contributed by atoms with van der Waals surface area (Å²) in [6, 6.07) is 0. The summed E-state index contributed by atoms with van der Waals surface area (Å²) in [4.78, 5) is 3.36. The summed E-state index contributed by atoms with van der Waals surface area (Å²) in [5.74, 6) is 0.907. The standard InChI is InChI=1S/C4H6N2S2/c1-2-8-4(7)6-3-5/h2H2,1H3,(H,6,7). The Morgan fingerprint density at radius 2 is 2.62 bits per heavy atom. The molecular formula is C4H6N2S2. The lowest BCUT2D eigenvalue weighted by Crippen LogP contribution is -1.76. The normalized spacial score (nSPS) is 10.9. The Morgan fingerprint density at radius 1 is 2.00 bits per heavy atom. The maximum atomic E-state index is 7.96. The van der Waals surface area contributed by atoms with Gasteiger partial charge in [-0.15, -0.1) is 12.6 Å². The van der Waals surface area contributed by atoms with E-state index in [9.17, 15) is 0 Å². The predicted octanol–water partition coefficient (Wildman–Crippen LogP) is 1.51. The monoisotopic (exact) mass is 146 g/mol. The van der Waals surface area contributed by atoms with Crippen LogP contribution in [0.25, 0.3) is 0 Å². The van der Waals surface area contributed by atoms with Crippen molar-refractivity contribution in [3.63, 3.8) is 0 Å². The Balaban J connectivity index is 3.49. The van der Waals surface area contributed by atoms with E-state index < -0.39 is 0 Å². The molecule has 0 aliphatic heterocycles. The van der Waals surface area contributed by atoms with Crippen molar-refractivity contribution < 1.29 is 0 Å². The molecular weight excluding hydrogens is 140 g/mol. The van der Waals surface area contributed by atoms with Gasteiger partial charge in [-0.1, -0.05) is 18.7 Å². The predicted molar refractivity (Wildman–Crippen MR) is 40.2 cm³/mol. The molecule has 0 N–H and O–H groups in total. The highest BCUT2D eigenvalue weighted by atomic mass is 32.2. The van der Waals surface area contributed by atoms with Crippen LogP contribution in [0.3, 0.4) is 0 Å². The Labute approximate surface area is 58.4 Å². The van der Waals surface area contributed by atoms with E-state index in [2.05, 4.69) is 17.6 Å². The van der Waals surface area contributed by atoms with Crippen molar-refractivity contribution in [2.75, 3.05) is 5.75 Å². The lowest BCUT2D eigenvalue weighted by Gasteiger charge is -1.86. The molecule has 0 aromatic carbocycles. The lowest BCUT2D eigenvalue weighted by atomic mass is 11.0. The number of nitriles is 1. The fourth-order valence-electron chi connectivity index (χ4n) is 0.204. The Hall–Kier alpha value is -0.140. The first-order chi connectivity index (χ1) is 3.81. The van der Waals surface area contributed by atoms with E-state index in [-0.39, 0.29) is 0 Å². The van der Waals surface area contributed by atoms with Gasteiger partial charge in [0.1, 0.15) is 4.38 Å². The molecule has 0 spiro atoms. The minimum absolute atomic E-state index is 0.537. The number of rotatable bonds is 1. The van der Waals surface area contributed by atoms with Crippen molar-refractivity contribution in [1.82, 2.24) is 0 Å². The van der Waals surface area contributed by atoms with Gasteiger partial charge in [-0.2, -0.15) is 10.3 Å². The smallest absolute Gasteiger partial charge is 0.170 e. The number of thioether (sulfide) groups is 1. The molecule has 0 aliphatic rings. The first-order valence-corrected chi connectivity index (χ1v) is 3.53. The van der Waals surface area contributed by atoms with E-state index in [1.165, 1.54) is 11.8 Å². The molecule has 0 aliphatic carbocycles. The Kier molecular flexibility index (Phi) is 4.92. The third kappa shape index (κ3) is 4.03. The third-order valence-electron chi connectivity index (χ3n) is 0.419. The summed E-state index contributed by atoms with van der Waals surface area (Å²) in [5.41, 5.74) is 0. The van der Waals surface area contributed by atoms with E-state index in [4.69, 9.17) is 5.26 Å². The molecule has 0 heterocycles. The van der Waals surface area contributed by atoms with Crippen LogP contribution < -0.4 is 0 Å². The molecule has 4 heteroatoms. The van der Waals surface area contributed by atoms with Crippen LogP contribution in [0.2, 0.25) is 0 Å². The second-order valence-electron chi connectivity index (χ2n) is 0.927. The molecule has 0 atom stereocenters. The zero-order chi connectivity index (χ0) is 6.41. The third-order valence-corrected chi connectivity index (χ3v) is 1.54. The van der Waals surface area contributed by atoms with Gasteiger partial charge in [0.05, 0.1) is 0 Å². The number of hydrogen-bond acceptors (Lipinski definition) is 3. The zero-order valence-corrected chi connectivity index (χ0v) is 6.17. The first-order valence-electron chi connectivity index (χ1n) is 2.09. The summed E-state index contributed by atoms with van der Waals surface area (Å²) < 4.78 is 0.537. The van der Waals surface area contributed by atoms with Gasteiger partial charge in [0.25, 0.3) is 0 Å². The van der Waals surface area contributed by atoms with Crippen LogP contribution in [0.4, 0.5) is 0 Å².